The molecule has 5 nitrogen and oxygen atoms in total. The van der Waals surface area contributed by atoms with Gasteiger partial charge in [0.15, 0.2) is 0 Å². The number of carbonyl (C=O) groups excluding carboxylic acids is 1. The number of carbonyl (C=O) groups is 1. The first kappa shape index (κ1) is 16.2. The van der Waals surface area contributed by atoms with Crippen molar-refractivity contribution in [3.8, 4) is 0 Å². The lowest BCUT2D eigenvalue weighted by Gasteiger charge is -2.08. The molecule has 2 aromatic carbocycles. The van der Waals surface area contributed by atoms with E-state index in [0.717, 1.165) is 0 Å². The van der Waals surface area contributed by atoms with E-state index in [-0.39, 0.29) is 10.8 Å². The molecule has 0 saturated heterocycles. The third-order valence-corrected chi connectivity index (χ3v) is 4.44. The summed E-state index contributed by atoms with van der Waals surface area (Å²) in [5.41, 5.74) is 0.952. The maximum absolute atomic E-state index is 12.2. The topological polar surface area (TPSA) is 75.3 Å². The summed E-state index contributed by atoms with van der Waals surface area (Å²) < 4.78 is 26.6. The van der Waals surface area contributed by atoms with Gasteiger partial charge in [0.2, 0.25) is 10.0 Å². The molecular weight excluding hydrogens is 300 g/mol. The van der Waals surface area contributed by atoms with Gasteiger partial charge in [-0.05, 0) is 36.8 Å². The molecule has 0 fully saturated rings. The highest BCUT2D eigenvalue weighted by molar-refractivity contribution is 7.89. The first-order valence-corrected chi connectivity index (χ1v) is 8.47. The van der Waals surface area contributed by atoms with Gasteiger partial charge in [0.25, 0.3) is 5.91 Å². The molecular formula is C16H18N2O3S. The van der Waals surface area contributed by atoms with E-state index < -0.39 is 10.0 Å². The van der Waals surface area contributed by atoms with Crippen LogP contribution < -0.4 is 10.0 Å². The molecule has 2 N–H and O–H groups in total. The summed E-state index contributed by atoms with van der Waals surface area (Å²) in [6, 6.07) is 15.0. The summed E-state index contributed by atoms with van der Waals surface area (Å²) in [6.07, 6.45) is 0.702. The van der Waals surface area contributed by atoms with Gasteiger partial charge in [-0.25, -0.2) is 13.1 Å². The Morgan fingerprint density at radius 3 is 2.45 bits per heavy atom. The van der Waals surface area contributed by atoms with E-state index >= 15 is 0 Å². The molecule has 0 saturated carbocycles. The summed E-state index contributed by atoms with van der Waals surface area (Å²) in [7, 11) is -3.58. The molecule has 22 heavy (non-hydrogen) atoms. The summed E-state index contributed by atoms with van der Waals surface area (Å²) in [5.74, 6) is -0.348. The second-order valence-electron chi connectivity index (χ2n) is 4.75. The molecule has 116 valence electrons. The third kappa shape index (κ3) is 4.16. The summed E-state index contributed by atoms with van der Waals surface area (Å²) in [5, 5.41) is 2.73. The zero-order valence-electron chi connectivity index (χ0n) is 12.2. The molecule has 0 aromatic heterocycles. The molecule has 0 heterocycles. The third-order valence-electron chi connectivity index (χ3n) is 2.98. The standard InChI is InChI=1S/C16H18N2O3S/c1-2-11-17-22(20,21)15-10-6-7-13(12-15)16(19)18-14-8-4-3-5-9-14/h3-10,12,17H,2,11H2,1H3,(H,18,19). The van der Waals surface area contributed by atoms with Crippen LogP contribution in [0.3, 0.4) is 0 Å². The molecule has 6 heteroatoms. The van der Waals surface area contributed by atoms with Crippen molar-refractivity contribution in [2.45, 2.75) is 18.2 Å². The quantitative estimate of drug-likeness (QED) is 0.859. The number of hydrogen-bond acceptors (Lipinski definition) is 3. The fraction of sp³-hybridized carbons (Fsp3) is 0.188. The Morgan fingerprint density at radius 1 is 1.05 bits per heavy atom. The Kier molecular flexibility index (Phi) is 5.30. The SMILES string of the molecule is CCCNS(=O)(=O)c1cccc(C(=O)Nc2ccccc2)c1. The van der Waals surface area contributed by atoms with E-state index in [1.165, 1.54) is 12.1 Å². The number of amides is 1. The highest BCUT2D eigenvalue weighted by atomic mass is 32.2. The fourth-order valence-electron chi connectivity index (χ4n) is 1.85. The van der Waals surface area contributed by atoms with Crippen LogP contribution in [0.5, 0.6) is 0 Å². The number of hydrogen-bond donors (Lipinski definition) is 2. The van der Waals surface area contributed by atoms with Gasteiger partial charge >= 0.3 is 0 Å². The molecule has 0 atom stereocenters. The maximum atomic E-state index is 12.2. The number of anilines is 1. The van der Waals surface area contributed by atoms with E-state index in [2.05, 4.69) is 10.0 Å². The van der Waals surface area contributed by atoms with Gasteiger partial charge < -0.3 is 5.32 Å². The Balaban J connectivity index is 2.19. The molecule has 2 aromatic rings. The van der Waals surface area contributed by atoms with E-state index in [9.17, 15) is 13.2 Å². The lowest BCUT2D eigenvalue weighted by molar-refractivity contribution is 0.102. The van der Waals surface area contributed by atoms with Gasteiger partial charge in [0.05, 0.1) is 4.90 Å². The Morgan fingerprint density at radius 2 is 1.77 bits per heavy atom. The average molecular weight is 318 g/mol. The molecule has 0 aliphatic rings. The van der Waals surface area contributed by atoms with Crippen LogP contribution in [0.1, 0.15) is 23.7 Å². The molecule has 0 radical (unpaired) electrons. The Labute approximate surface area is 130 Å². The van der Waals surface area contributed by atoms with Crippen LogP contribution in [0.4, 0.5) is 5.69 Å². The molecule has 1 amide bonds. The summed E-state index contributed by atoms with van der Waals surface area (Å²) in [4.78, 5) is 12.3. The molecule has 0 bridgehead atoms. The van der Waals surface area contributed by atoms with Crippen molar-refractivity contribution in [2.24, 2.45) is 0 Å². The van der Waals surface area contributed by atoms with E-state index in [0.29, 0.717) is 24.2 Å². The first-order chi connectivity index (χ1) is 10.5. The van der Waals surface area contributed by atoms with Crippen LogP contribution >= 0.6 is 0 Å². The maximum Gasteiger partial charge on any atom is 0.255 e. The van der Waals surface area contributed by atoms with Gasteiger partial charge in [0.1, 0.15) is 0 Å². The van der Waals surface area contributed by atoms with Crippen molar-refractivity contribution in [1.82, 2.24) is 4.72 Å². The largest absolute Gasteiger partial charge is 0.322 e. The van der Waals surface area contributed by atoms with Crippen molar-refractivity contribution < 1.29 is 13.2 Å². The zero-order valence-corrected chi connectivity index (χ0v) is 13.1. The van der Waals surface area contributed by atoms with Gasteiger partial charge in [-0.15, -0.1) is 0 Å². The van der Waals surface area contributed by atoms with Crippen LogP contribution in [0.25, 0.3) is 0 Å². The Bertz CT molecular complexity index is 743. The minimum Gasteiger partial charge on any atom is -0.322 e. The molecule has 0 aliphatic heterocycles. The molecule has 0 aliphatic carbocycles. The predicted molar refractivity (Wildman–Crippen MR) is 86.3 cm³/mol. The summed E-state index contributed by atoms with van der Waals surface area (Å²) in [6.45, 7) is 2.25. The average Bonchev–Trinajstić information content (AvgIpc) is 2.54. The second-order valence-corrected chi connectivity index (χ2v) is 6.51. The first-order valence-electron chi connectivity index (χ1n) is 6.99. The van der Waals surface area contributed by atoms with Crippen molar-refractivity contribution >= 4 is 21.6 Å². The highest BCUT2D eigenvalue weighted by Gasteiger charge is 2.15. The number of benzene rings is 2. The van der Waals surface area contributed by atoms with Gasteiger partial charge in [0, 0.05) is 17.8 Å². The lowest BCUT2D eigenvalue weighted by Crippen LogP contribution is -2.24. The number of sulfonamides is 1. The Hall–Kier alpha value is -2.18. The smallest absolute Gasteiger partial charge is 0.255 e. The zero-order chi connectivity index (χ0) is 16.0. The van der Waals surface area contributed by atoms with Gasteiger partial charge in [-0.2, -0.15) is 0 Å². The lowest BCUT2D eigenvalue weighted by atomic mass is 10.2. The molecule has 0 spiro atoms. The summed E-state index contributed by atoms with van der Waals surface area (Å²) >= 11 is 0. The predicted octanol–water partition coefficient (Wildman–Crippen LogP) is 2.63. The molecule has 0 unspecified atom stereocenters. The number of nitrogens with one attached hydrogen (secondary N) is 2. The number of para-hydroxylation sites is 1. The van der Waals surface area contributed by atoms with Gasteiger partial charge in [-0.3, -0.25) is 4.79 Å². The van der Waals surface area contributed by atoms with E-state index in [1.54, 1.807) is 24.3 Å². The molecule has 2 rings (SSSR count). The van der Waals surface area contributed by atoms with E-state index in [4.69, 9.17) is 0 Å². The van der Waals surface area contributed by atoms with Crippen LogP contribution in [-0.2, 0) is 10.0 Å². The fourth-order valence-corrected chi connectivity index (χ4v) is 3.03. The van der Waals surface area contributed by atoms with Crippen LogP contribution in [0.15, 0.2) is 59.5 Å². The second kappa shape index (κ2) is 7.20. The van der Waals surface area contributed by atoms with E-state index in [1.807, 2.05) is 25.1 Å². The minimum atomic E-state index is -3.58. The highest BCUT2D eigenvalue weighted by Crippen LogP contribution is 2.14. The minimum absolute atomic E-state index is 0.0849. The van der Waals surface area contributed by atoms with Crippen LogP contribution in [0.2, 0.25) is 0 Å². The van der Waals surface area contributed by atoms with Gasteiger partial charge in [-0.1, -0.05) is 31.2 Å². The van der Waals surface area contributed by atoms with Crippen molar-refractivity contribution in [2.75, 3.05) is 11.9 Å². The van der Waals surface area contributed by atoms with Crippen molar-refractivity contribution in [1.29, 1.82) is 0 Å². The number of rotatable bonds is 6. The van der Waals surface area contributed by atoms with Crippen LogP contribution in [-0.4, -0.2) is 20.9 Å². The monoisotopic (exact) mass is 318 g/mol. The van der Waals surface area contributed by atoms with Crippen molar-refractivity contribution in [3.05, 3.63) is 60.2 Å². The van der Waals surface area contributed by atoms with Crippen molar-refractivity contribution in [3.63, 3.8) is 0 Å². The van der Waals surface area contributed by atoms with Crippen LogP contribution in [0, 0.1) is 0 Å². The normalized spacial score (nSPS) is 11.1.